The summed E-state index contributed by atoms with van der Waals surface area (Å²) in [4.78, 5) is 15.7. The van der Waals surface area contributed by atoms with E-state index in [4.69, 9.17) is 0 Å². The van der Waals surface area contributed by atoms with Gasteiger partial charge in [0.05, 0.1) is 6.20 Å². The summed E-state index contributed by atoms with van der Waals surface area (Å²) < 4.78 is 0. The van der Waals surface area contributed by atoms with E-state index in [-0.39, 0.29) is 5.91 Å². The van der Waals surface area contributed by atoms with E-state index < -0.39 is 5.60 Å². The minimum atomic E-state index is -0.923. The number of nitrogens with zero attached hydrogens (tertiary/aromatic N) is 4. The molecule has 0 bridgehead atoms. The topological polar surface area (TPSA) is 85.4 Å². The Morgan fingerprint density at radius 3 is 3.04 bits per heavy atom. The van der Waals surface area contributed by atoms with Gasteiger partial charge in [-0.3, -0.25) is 9.69 Å². The van der Waals surface area contributed by atoms with Crippen LogP contribution in [0.1, 0.15) is 29.7 Å². The summed E-state index contributed by atoms with van der Waals surface area (Å²) >= 11 is 0. The molecule has 2 aromatic rings. The molecule has 1 aromatic heterocycles. The van der Waals surface area contributed by atoms with Crippen LogP contribution < -0.4 is 4.90 Å². The van der Waals surface area contributed by atoms with Crippen molar-refractivity contribution < 1.29 is 9.90 Å². The first kappa shape index (κ1) is 15.3. The van der Waals surface area contributed by atoms with E-state index in [2.05, 4.69) is 32.4 Å². The molecule has 1 amide bonds. The van der Waals surface area contributed by atoms with E-state index in [9.17, 15) is 9.90 Å². The third kappa shape index (κ3) is 2.59. The number of β-amino-alcohol motifs (C(OH)–C–C–N with tert-alkyl or cyclic N) is 1. The molecule has 1 aromatic carbocycles. The van der Waals surface area contributed by atoms with Crippen molar-refractivity contribution in [2.24, 2.45) is 0 Å². The number of aromatic nitrogens is 3. The predicted octanol–water partition coefficient (Wildman–Crippen LogP) is 0.807. The van der Waals surface area contributed by atoms with Gasteiger partial charge in [0.15, 0.2) is 0 Å². The number of fused-ring (bicyclic) bond motifs is 1. The SMILES string of the molecule is CN1C(=O)CCc2cc(CN3CC[C@](O)(c4cn[nH]n4)C3)ccc21. The van der Waals surface area contributed by atoms with Gasteiger partial charge >= 0.3 is 0 Å². The smallest absolute Gasteiger partial charge is 0.227 e. The molecule has 2 aliphatic heterocycles. The van der Waals surface area contributed by atoms with Crippen molar-refractivity contribution in [1.29, 1.82) is 0 Å². The fourth-order valence-corrected chi connectivity index (χ4v) is 3.71. The molecule has 126 valence electrons. The molecule has 0 spiro atoms. The number of rotatable bonds is 3. The number of aromatic amines is 1. The maximum absolute atomic E-state index is 11.8. The Bertz CT molecular complexity index is 760. The lowest BCUT2D eigenvalue weighted by Crippen LogP contribution is -2.32. The fourth-order valence-electron chi connectivity index (χ4n) is 3.71. The highest BCUT2D eigenvalue weighted by Crippen LogP contribution is 2.32. The molecule has 7 heteroatoms. The van der Waals surface area contributed by atoms with E-state index in [0.717, 1.165) is 25.2 Å². The highest BCUT2D eigenvalue weighted by molar-refractivity contribution is 5.95. The third-order valence-electron chi connectivity index (χ3n) is 5.11. The standard InChI is InChI=1S/C17H21N5O2/c1-21-14-4-2-12(8-13(14)3-5-16(21)23)10-22-7-6-17(24,11-22)15-9-18-20-19-15/h2,4,8-9,24H,3,5-7,10-11H2,1H3,(H,18,19,20)/t17-/m1/s1. The monoisotopic (exact) mass is 327 g/mol. The number of hydrogen-bond acceptors (Lipinski definition) is 5. The van der Waals surface area contributed by atoms with E-state index >= 15 is 0 Å². The Hall–Kier alpha value is -2.25. The fraction of sp³-hybridized carbons (Fsp3) is 0.471. The second-order valence-electron chi connectivity index (χ2n) is 6.76. The number of amides is 1. The van der Waals surface area contributed by atoms with Gasteiger partial charge in [0.25, 0.3) is 0 Å². The number of hydrogen-bond donors (Lipinski definition) is 2. The number of anilines is 1. The van der Waals surface area contributed by atoms with Crippen molar-refractivity contribution in [2.75, 3.05) is 25.0 Å². The summed E-state index contributed by atoms with van der Waals surface area (Å²) in [6, 6.07) is 6.29. The van der Waals surface area contributed by atoms with E-state index in [1.807, 2.05) is 13.1 Å². The normalized spacial score (nSPS) is 24.4. The summed E-state index contributed by atoms with van der Waals surface area (Å²) in [5.74, 6) is 0.174. The highest BCUT2D eigenvalue weighted by Gasteiger charge is 2.39. The second-order valence-corrected chi connectivity index (χ2v) is 6.76. The van der Waals surface area contributed by atoms with E-state index in [1.54, 1.807) is 11.1 Å². The number of aliphatic hydroxyl groups is 1. The summed E-state index contributed by atoms with van der Waals surface area (Å²) in [6.45, 7) is 2.15. The van der Waals surface area contributed by atoms with Gasteiger partial charge < -0.3 is 10.0 Å². The van der Waals surface area contributed by atoms with Crippen molar-refractivity contribution in [3.05, 3.63) is 41.2 Å². The molecule has 1 atom stereocenters. The summed E-state index contributed by atoms with van der Waals surface area (Å²) in [6.07, 6.45) is 3.62. The van der Waals surface area contributed by atoms with Gasteiger partial charge in [-0.15, -0.1) is 0 Å². The molecule has 0 radical (unpaired) electrons. The number of carbonyl (C=O) groups excluding carboxylic acids is 1. The van der Waals surface area contributed by atoms with Crippen LogP contribution in [-0.2, 0) is 23.4 Å². The third-order valence-corrected chi connectivity index (χ3v) is 5.11. The summed E-state index contributed by atoms with van der Waals surface area (Å²) in [5.41, 5.74) is 3.13. The molecule has 2 N–H and O–H groups in total. The van der Waals surface area contributed by atoms with Crippen molar-refractivity contribution in [3.63, 3.8) is 0 Å². The average Bonchev–Trinajstić information content (AvgIpc) is 3.22. The molecule has 4 rings (SSSR count). The van der Waals surface area contributed by atoms with Crippen LogP contribution in [0.5, 0.6) is 0 Å². The first-order valence-corrected chi connectivity index (χ1v) is 8.24. The van der Waals surface area contributed by atoms with Crippen LogP contribution in [0.3, 0.4) is 0 Å². The van der Waals surface area contributed by atoms with Gasteiger partial charge in [-0.2, -0.15) is 15.4 Å². The van der Waals surface area contributed by atoms with E-state index in [0.29, 0.717) is 25.1 Å². The molecular weight excluding hydrogens is 306 g/mol. The van der Waals surface area contributed by atoms with Crippen molar-refractivity contribution in [3.8, 4) is 0 Å². The number of nitrogens with one attached hydrogen (secondary N) is 1. The quantitative estimate of drug-likeness (QED) is 0.871. The maximum Gasteiger partial charge on any atom is 0.227 e. The van der Waals surface area contributed by atoms with Gasteiger partial charge in [-0.25, -0.2) is 0 Å². The Labute approximate surface area is 140 Å². The number of aryl methyl sites for hydroxylation is 1. The molecule has 7 nitrogen and oxygen atoms in total. The van der Waals surface area contributed by atoms with Gasteiger partial charge in [-0.05, 0) is 30.0 Å². The first-order valence-electron chi connectivity index (χ1n) is 8.24. The van der Waals surface area contributed by atoms with Gasteiger partial charge in [0, 0.05) is 38.8 Å². The van der Waals surface area contributed by atoms with Crippen molar-refractivity contribution in [1.82, 2.24) is 20.3 Å². The lowest BCUT2D eigenvalue weighted by molar-refractivity contribution is -0.118. The van der Waals surface area contributed by atoms with E-state index in [1.165, 1.54) is 11.1 Å². The summed E-state index contributed by atoms with van der Waals surface area (Å²) in [5, 5.41) is 21.1. The zero-order valence-corrected chi connectivity index (χ0v) is 13.7. The van der Waals surface area contributed by atoms with Crippen LogP contribution >= 0.6 is 0 Å². The lowest BCUT2D eigenvalue weighted by atomic mass is 9.99. The second kappa shape index (κ2) is 5.68. The van der Waals surface area contributed by atoms with Crippen molar-refractivity contribution in [2.45, 2.75) is 31.4 Å². The zero-order valence-electron chi connectivity index (χ0n) is 13.7. The molecule has 1 saturated heterocycles. The Balaban J connectivity index is 1.48. The Morgan fingerprint density at radius 2 is 2.25 bits per heavy atom. The van der Waals surface area contributed by atoms with Crippen molar-refractivity contribution >= 4 is 11.6 Å². The molecule has 3 heterocycles. The molecule has 24 heavy (non-hydrogen) atoms. The highest BCUT2D eigenvalue weighted by atomic mass is 16.3. The van der Waals surface area contributed by atoms with Crippen LogP contribution in [-0.4, -0.2) is 51.5 Å². The van der Waals surface area contributed by atoms with Gasteiger partial charge in [0.2, 0.25) is 5.91 Å². The molecule has 0 aliphatic carbocycles. The summed E-state index contributed by atoms with van der Waals surface area (Å²) in [7, 11) is 1.83. The van der Waals surface area contributed by atoms with Crippen LogP contribution in [0.25, 0.3) is 0 Å². The average molecular weight is 327 g/mol. The Morgan fingerprint density at radius 1 is 1.38 bits per heavy atom. The molecule has 0 unspecified atom stereocenters. The van der Waals surface area contributed by atoms with Gasteiger partial charge in [-0.1, -0.05) is 12.1 Å². The first-order chi connectivity index (χ1) is 11.5. The van der Waals surface area contributed by atoms with Crippen LogP contribution in [0, 0.1) is 0 Å². The number of carbonyl (C=O) groups is 1. The molecule has 2 aliphatic rings. The van der Waals surface area contributed by atoms with Crippen LogP contribution in [0.4, 0.5) is 5.69 Å². The largest absolute Gasteiger partial charge is 0.382 e. The van der Waals surface area contributed by atoms with Crippen LogP contribution in [0.2, 0.25) is 0 Å². The predicted molar refractivity (Wildman–Crippen MR) is 88.3 cm³/mol. The molecule has 1 fully saturated rings. The zero-order chi connectivity index (χ0) is 16.7. The number of H-pyrrole nitrogens is 1. The lowest BCUT2D eigenvalue weighted by Gasteiger charge is -2.27. The molecular formula is C17H21N5O2. The number of benzene rings is 1. The minimum Gasteiger partial charge on any atom is -0.382 e. The minimum absolute atomic E-state index is 0.174. The number of likely N-dealkylation sites (tertiary alicyclic amines) is 1. The molecule has 0 saturated carbocycles. The van der Waals surface area contributed by atoms with Crippen LogP contribution in [0.15, 0.2) is 24.4 Å². The maximum atomic E-state index is 11.8. The Kier molecular flexibility index (Phi) is 3.62. The van der Waals surface area contributed by atoms with Gasteiger partial charge in [0.1, 0.15) is 11.3 Å².